The number of anilines is 1. The molecule has 0 atom stereocenters. The number of ether oxygens (including phenoxy) is 1. The largest absolute Gasteiger partial charge is 0.455 e. The van der Waals surface area contributed by atoms with E-state index in [0.29, 0.717) is 37.2 Å². The minimum absolute atomic E-state index is 0.186. The van der Waals surface area contributed by atoms with Crippen molar-refractivity contribution in [3.63, 3.8) is 0 Å². The van der Waals surface area contributed by atoms with Crippen LogP contribution in [0.15, 0.2) is 48.5 Å². The lowest BCUT2D eigenvalue weighted by atomic mass is 9.96. The molecule has 0 aromatic heterocycles. The maximum absolute atomic E-state index is 13.0. The highest BCUT2D eigenvalue weighted by molar-refractivity contribution is 5.94. The number of aryl methyl sites for hydroxylation is 1. The highest BCUT2D eigenvalue weighted by Crippen LogP contribution is 2.20. The highest BCUT2D eigenvalue weighted by Gasteiger charge is 2.29. The van der Waals surface area contributed by atoms with E-state index in [0.717, 1.165) is 5.56 Å². The molecular formula is C22H23FN2O4. The van der Waals surface area contributed by atoms with Gasteiger partial charge in [0, 0.05) is 24.3 Å². The quantitative estimate of drug-likeness (QED) is 0.785. The molecule has 2 amide bonds. The fourth-order valence-corrected chi connectivity index (χ4v) is 3.27. The molecule has 2 aromatic carbocycles. The Kier molecular flexibility index (Phi) is 6.59. The Labute approximate surface area is 168 Å². The van der Waals surface area contributed by atoms with Gasteiger partial charge in [-0.3, -0.25) is 14.4 Å². The monoisotopic (exact) mass is 398 g/mol. The Morgan fingerprint density at radius 3 is 2.45 bits per heavy atom. The number of nitrogens with one attached hydrogen (secondary N) is 1. The van der Waals surface area contributed by atoms with E-state index in [2.05, 4.69) is 5.32 Å². The zero-order valence-electron chi connectivity index (χ0n) is 16.2. The van der Waals surface area contributed by atoms with Crippen molar-refractivity contribution in [1.82, 2.24) is 4.90 Å². The van der Waals surface area contributed by atoms with Crippen LogP contribution in [-0.2, 0) is 14.3 Å². The molecule has 0 spiro atoms. The van der Waals surface area contributed by atoms with E-state index >= 15 is 0 Å². The lowest BCUT2D eigenvalue weighted by molar-refractivity contribution is -0.152. The summed E-state index contributed by atoms with van der Waals surface area (Å²) >= 11 is 0. The number of rotatable bonds is 5. The summed E-state index contributed by atoms with van der Waals surface area (Å²) in [6, 6.07) is 12.7. The summed E-state index contributed by atoms with van der Waals surface area (Å²) in [5, 5.41) is 2.69. The van der Waals surface area contributed by atoms with Gasteiger partial charge in [-0.15, -0.1) is 0 Å². The zero-order chi connectivity index (χ0) is 20.8. The molecule has 1 saturated heterocycles. The molecule has 7 heteroatoms. The summed E-state index contributed by atoms with van der Waals surface area (Å²) in [7, 11) is 0. The topological polar surface area (TPSA) is 75.7 Å². The third-order valence-electron chi connectivity index (χ3n) is 4.85. The van der Waals surface area contributed by atoms with Crippen LogP contribution in [0.2, 0.25) is 0 Å². The number of nitrogens with zero attached hydrogens (tertiary/aromatic N) is 1. The Morgan fingerprint density at radius 1 is 1.10 bits per heavy atom. The minimum atomic E-state index is -0.432. The SMILES string of the molecule is Cc1cccc(NC(=O)COC(=O)C2CCN(C(=O)c3ccc(F)cc3)CC2)c1. The van der Waals surface area contributed by atoms with Crippen LogP contribution < -0.4 is 5.32 Å². The second-order valence-corrected chi connectivity index (χ2v) is 7.10. The third kappa shape index (κ3) is 5.63. The molecular weight excluding hydrogens is 375 g/mol. The smallest absolute Gasteiger partial charge is 0.309 e. The summed E-state index contributed by atoms with van der Waals surface area (Å²) < 4.78 is 18.1. The van der Waals surface area contributed by atoms with Crippen LogP contribution in [0, 0.1) is 18.7 Å². The van der Waals surface area contributed by atoms with Crippen molar-refractivity contribution in [2.75, 3.05) is 25.0 Å². The van der Waals surface area contributed by atoms with Gasteiger partial charge >= 0.3 is 5.97 Å². The molecule has 1 aliphatic heterocycles. The second kappa shape index (κ2) is 9.32. The number of hydrogen-bond acceptors (Lipinski definition) is 4. The lowest BCUT2D eigenvalue weighted by Crippen LogP contribution is -2.41. The maximum atomic E-state index is 13.0. The Bertz CT molecular complexity index is 890. The van der Waals surface area contributed by atoms with Gasteiger partial charge in [-0.05, 0) is 61.7 Å². The van der Waals surface area contributed by atoms with Crippen LogP contribution in [0.5, 0.6) is 0 Å². The van der Waals surface area contributed by atoms with Crippen LogP contribution in [0.3, 0.4) is 0 Å². The molecule has 2 aromatic rings. The molecule has 3 rings (SSSR count). The average molecular weight is 398 g/mol. The van der Waals surface area contributed by atoms with Gasteiger partial charge in [0.1, 0.15) is 5.82 Å². The van der Waals surface area contributed by atoms with E-state index in [1.54, 1.807) is 11.0 Å². The summed E-state index contributed by atoms with van der Waals surface area (Å²) in [4.78, 5) is 38.3. The Morgan fingerprint density at radius 2 is 1.79 bits per heavy atom. The number of amides is 2. The van der Waals surface area contributed by atoms with Gasteiger partial charge < -0.3 is 15.0 Å². The number of hydrogen-bond donors (Lipinski definition) is 1. The van der Waals surface area contributed by atoms with E-state index < -0.39 is 17.7 Å². The normalized spacial score (nSPS) is 14.3. The van der Waals surface area contributed by atoms with Crippen molar-refractivity contribution in [1.29, 1.82) is 0 Å². The number of likely N-dealkylation sites (tertiary alicyclic amines) is 1. The summed E-state index contributed by atoms with van der Waals surface area (Å²) in [6.45, 7) is 2.39. The number of benzene rings is 2. The van der Waals surface area contributed by atoms with Crippen molar-refractivity contribution in [3.05, 3.63) is 65.5 Å². The molecule has 0 radical (unpaired) electrons. The Balaban J connectivity index is 1.43. The predicted octanol–water partition coefficient (Wildman–Crippen LogP) is 3.17. The molecule has 0 aliphatic carbocycles. The molecule has 0 bridgehead atoms. The first-order valence-electron chi connectivity index (χ1n) is 9.50. The molecule has 0 saturated carbocycles. The number of piperidine rings is 1. The number of carbonyl (C=O) groups excluding carboxylic acids is 3. The Hall–Kier alpha value is -3.22. The maximum Gasteiger partial charge on any atom is 0.309 e. The average Bonchev–Trinajstić information content (AvgIpc) is 2.72. The second-order valence-electron chi connectivity index (χ2n) is 7.10. The standard InChI is InChI=1S/C22H23FN2O4/c1-15-3-2-4-19(13-15)24-20(26)14-29-22(28)17-9-11-25(12-10-17)21(27)16-5-7-18(23)8-6-16/h2-8,13,17H,9-12,14H2,1H3,(H,24,26). The van der Waals surface area contributed by atoms with Gasteiger partial charge in [0.25, 0.3) is 11.8 Å². The van der Waals surface area contributed by atoms with Gasteiger partial charge in [0.05, 0.1) is 5.92 Å². The lowest BCUT2D eigenvalue weighted by Gasteiger charge is -2.31. The molecule has 6 nitrogen and oxygen atoms in total. The minimum Gasteiger partial charge on any atom is -0.455 e. The van der Waals surface area contributed by atoms with E-state index in [4.69, 9.17) is 4.74 Å². The van der Waals surface area contributed by atoms with Gasteiger partial charge in [-0.2, -0.15) is 0 Å². The molecule has 1 aliphatic rings. The van der Waals surface area contributed by atoms with Crippen molar-refractivity contribution in [2.24, 2.45) is 5.92 Å². The summed E-state index contributed by atoms with van der Waals surface area (Å²) in [5.41, 5.74) is 2.08. The molecule has 0 unspecified atom stereocenters. The van der Waals surface area contributed by atoms with Crippen molar-refractivity contribution >= 4 is 23.5 Å². The van der Waals surface area contributed by atoms with E-state index in [1.165, 1.54) is 24.3 Å². The van der Waals surface area contributed by atoms with Crippen molar-refractivity contribution in [3.8, 4) is 0 Å². The van der Waals surface area contributed by atoms with E-state index in [9.17, 15) is 18.8 Å². The van der Waals surface area contributed by atoms with Gasteiger partial charge in [0.2, 0.25) is 0 Å². The van der Waals surface area contributed by atoms with Gasteiger partial charge in [-0.25, -0.2) is 4.39 Å². The summed E-state index contributed by atoms with van der Waals surface area (Å²) in [6.07, 6.45) is 0.927. The molecule has 1 heterocycles. The third-order valence-corrected chi connectivity index (χ3v) is 4.85. The fraction of sp³-hybridized carbons (Fsp3) is 0.318. The number of carbonyl (C=O) groups is 3. The van der Waals surface area contributed by atoms with Crippen LogP contribution in [0.1, 0.15) is 28.8 Å². The van der Waals surface area contributed by atoms with Crippen LogP contribution in [0.4, 0.5) is 10.1 Å². The van der Waals surface area contributed by atoms with Crippen LogP contribution in [0.25, 0.3) is 0 Å². The van der Waals surface area contributed by atoms with Gasteiger partial charge in [0.15, 0.2) is 6.61 Å². The van der Waals surface area contributed by atoms with Crippen molar-refractivity contribution < 1.29 is 23.5 Å². The predicted molar refractivity (Wildman–Crippen MR) is 106 cm³/mol. The number of esters is 1. The number of halogens is 1. The van der Waals surface area contributed by atoms with Crippen molar-refractivity contribution in [2.45, 2.75) is 19.8 Å². The first-order chi connectivity index (χ1) is 13.9. The first kappa shape index (κ1) is 20.5. The molecule has 1 fully saturated rings. The molecule has 152 valence electrons. The first-order valence-corrected chi connectivity index (χ1v) is 9.50. The van der Waals surface area contributed by atoms with Gasteiger partial charge in [-0.1, -0.05) is 12.1 Å². The highest BCUT2D eigenvalue weighted by atomic mass is 19.1. The fourth-order valence-electron chi connectivity index (χ4n) is 3.27. The van der Waals surface area contributed by atoms with E-state index in [1.807, 2.05) is 25.1 Å². The van der Waals surface area contributed by atoms with E-state index in [-0.39, 0.29) is 18.4 Å². The van der Waals surface area contributed by atoms with Crippen LogP contribution >= 0.6 is 0 Å². The van der Waals surface area contributed by atoms with Crippen LogP contribution in [-0.4, -0.2) is 42.4 Å². The molecule has 29 heavy (non-hydrogen) atoms. The molecule has 1 N–H and O–H groups in total. The zero-order valence-corrected chi connectivity index (χ0v) is 16.2. The summed E-state index contributed by atoms with van der Waals surface area (Å²) in [5.74, 6) is -1.76.